The predicted octanol–water partition coefficient (Wildman–Crippen LogP) is 2.14. The number of hydrogen-bond donors (Lipinski definition) is 0. The number of hydrogen-bond acceptors (Lipinski definition) is 6. The quantitative estimate of drug-likeness (QED) is 0.598. The molecule has 1 aromatic carbocycles. The number of benzene rings is 1. The molecular formula is C13H11NO6S. The second kappa shape index (κ2) is 6.80. The van der Waals surface area contributed by atoms with Gasteiger partial charge in [-0.05, 0) is 17.7 Å². The van der Waals surface area contributed by atoms with Gasteiger partial charge in [-0.15, -0.1) is 0 Å². The third-order valence-corrected chi connectivity index (χ3v) is 3.41. The number of furan rings is 1. The molecule has 0 spiro atoms. The number of nitrogens with zero attached hydrogens (tertiary/aromatic N) is 1. The van der Waals surface area contributed by atoms with Gasteiger partial charge in [0.1, 0.15) is 11.5 Å². The van der Waals surface area contributed by atoms with Gasteiger partial charge in [0.25, 0.3) is 5.69 Å². The van der Waals surface area contributed by atoms with Crippen molar-refractivity contribution >= 4 is 22.7 Å². The molecule has 1 atom stereocenters. The van der Waals surface area contributed by atoms with Gasteiger partial charge in [-0.2, -0.15) is 0 Å². The molecule has 0 fully saturated rings. The minimum Gasteiger partial charge on any atom is -0.468 e. The Morgan fingerprint density at radius 1 is 1.29 bits per heavy atom. The molecule has 8 heteroatoms. The van der Waals surface area contributed by atoms with E-state index >= 15 is 0 Å². The molecule has 7 nitrogen and oxygen atoms in total. The SMILES string of the molecule is O=C(Cc1ccc([N+](=O)[O-])cc1)OS(=O)Cc1ccco1. The highest BCUT2D eigenvalue weighted by Crippen LogP contribution is 2.13. The van der Waals surface area contributed by atoms with Gasteiger partial charge in [0, 0.05) is 12.1 Å². The second-order valence-corrected chi connectivity index (χ2v) is 5.15. The van der Waals surface area contributed by atoms with E-state index in [-0.39, 0.29) is 17.9 Å². The highest BCUT2D eigenvalue weighted by atomic mass is 32.2. The van der Waals surface area contributed by atoms with Gasteiger partial charge in [-0.25, -0.2) is 4.21 Å². The van der Waals surface area contributed by atoms with Crippen molar-refractivity contribution in [2.75, 3.05) is 0 Å². The first-order valence-electron chi connectivity index (χ1n) is 5.90. The summed E-state index contributed by atoms with van der Waals surface area (Å²) in [6.45, 7) is 0. The second-order valence-electron chi connectivity index (χ2n) is 4.08. The van der Waals surface area contributed by atoms with Crippen molar-refractivity contribution in [3.63, 3.8) is 0 Å². The number of carbonyl (C=O) groups is 1. The fourth-order valence-corrected chi connectivity index (χ4v) is 2.30. The van der Waals surface area contributed by atoms with Crippen LogP contribution in [0.25, 0.3) is 0 Å². The van der Waals surface area contributed by atoms with Crippen molar-refractivity contribution in [3.8, 4) is 0 Å². The fraction of sp³-hybridized carbons (Fsp3) is 0.154. The van der Waals surface area contributed by atoms with Crippen LogP contribution in [0.1, 0.15) is 11.3 Å². The molecular weight excluding hydrogens is 298 g/mol. The van der Waals surface area contributed by atoms with Gasteiger partial charge in [-0.3, -0.25) is 14.9 Å². The van der Waals surface area contributed by atoms with E-state index in [1.807, 2.05) is 0 Å². The molecule has 2 rings (SSSR count). The van der Waals surface area contributed by atoms with Crippen LogP contribution in [-0.2, 0) is 32.2 Å². The molecule has 110 valence electrons. The molecule has 0 saturated carbocycles. The molecule has 0 amide bonds. The van der Waals surface area contributed by atoms with E-state index in [0.717, 1.165) is 0 Å². The van der Waals surface area contributed by atoms with Crippen LogP contribution in [0.2, 0.25) is 0 Å². The van der Waals surface area contributed by atoms with Gasteiger partial charge in [0.2, 0.25) is 11.1 Å². The first-order valence-corrected chi connectivity index (χ1v) is 7.14. The monoisotopic (exact) mass is 309 g/mol. The summed E-state index contributed by atoms with van der Waals surface area (Å²) >= 11 is -1.82. The first kappa shape index (κ1) is 14.9. The molecule has 0 aliphatic carbocycles. The van der Waals surface area contributed by atoms with Crippen molar-refractivity contribution in [1.82, 2.24) is 0 Å². The lowest BCUT2D eigenvalue weighted by Crippen LogP contribution is -2.11. The van der Waals surface area contributed by atoms with Crippen molar-refractivity contribution in [3.05, 3.63) is 64.1 Å². The summed E-state index contributed by atoms with van der Waals surface area (Å²) in [5.41, 5.74) is 0.481. The molecule has 0 saturated heterocycles. The Morgan fingerprint density at radius 2 is 2.00 bits per heavy atom. The Kier molecular flexibility index (Phi) is 4.83. The molecule has 0 bridgehead atoms. The lowest BCUT2D eigenvalue weighted by atomic mass is 10.1. The van der Waals surface area contributed by atoms with Gasteiger partial charge in [-0.1, -0.05) is 12.1 Å². The molecule has 0 aliphatic heterocycles. The minimum absolute atomic E-state index is 0.0149. The highest BCUT2D eigenvalue weighted by molar-refractivity contribution is 7.79. The maximum absolute atomic E-state index is 11.6. The number of rotatable bonds is 6. The van der Waals surface area contributed by atoms with E-state index in [0.29, 0.717) is 11.3 Å². The summed E-state index contributed by atoms with van der Waals surface area (Å²) in [6.07, 6.45) is 1.33. The van der Waals surface area contributed by atoms with E-state index in [4.69, 9.17) is 8.60 Å². The summed E-state index contributed by atoms with van der Waals surface area (Å²) in [5.74, 6) is -0.232. The minimum atomic E-state index is -1.82. The Labute approximate surface area is 122 Å². The summed E-state index contributed by atoms with van der Waals surface area (Å²) < 4.78 is 21.3. The van der Waals surface area contributed by atoms with Gasteiger partial charge < -0.3 is 8.60 Å². The standard InChI is InChI=1S/C13H11NO6S/c15-13(20-21(18)9-12-2-1-7-19-12)8-10-3-5-11(6-4-10)14(16)17/h1-7H,8-9H2. The smallest absolute Gasteiger partial charge is 0.324 e. The van der Waals surface area contributed by atoms with Crippen LogP contribution in [0.4, 0.5) is 5.69 Å². The largest absolute Gasteiger partial charge is 0.468 e. The first-order chi connectivity index (χ1) is 10.0. The Hall–Kier alpha value is -2.48. The van der Waals surface area contributed by atoms with Crippen LogP contribution in [0, 0.1) is 10.1 Å². The lowest BCUT2D eigenvalue weighted by Gasteiger charge is -2.02. The topological polar surface area (TPSA) is 99.6 Å². The van der Waals surface area contributed by atoms with Gasteiger partial charge in [0.05, 0.1) is 17.6 Å². The Morgan fingerprint density at radius 3 is 2.57 bits per heavy atom. The zero-order valence-corrected chi connectivity index (χ0v) is 11.6. The van der Waals surface area contributed by atoms with E-state index in [1.54, 1.807) is 12.1 Å². The summed E-state index contributed by atoms with van der Waals surface area (Å²) in [7, 11) is 0. The van der Waals surface area contributed by atoms with E-state index in [2.05, 4.69) is 0 Å². The zero-order chi connectivity index (χ0) is 15.2. The van der Waals surface area contributed by atoms with Crippen LogP contribution >= 0.6 is 0 Å². The van der Waals surface area contributed by atoms with Gasteiger partial charge >= 0.3 is 5.97 Å². The van der Waals surface area contributed by atoms with Crippen molar-refractivity contribution in [2.45, 2.75) is 12.2 Å². The molecule has 2 aromatic rings. The molecule has 1 heterocycles. The van der Waals surface area contributed by atoms with Crippen LogP contribution < -0.4 is 0 Å². The predicted molar refractivity (Wildman–Crippen MR) is 73.4 cm³/mol. The zero-order valence-electron chi connectivity index (χ0n) is 10.8. The van der Waals surface area contributed by atoms with Crippen LogP contribution in [-0.4, -0.2) is 15.1 Å². The summed E-state index contributed by atoms with van der Waals surface area (Å²) in [4.78, 5) is 21.6. The summed E-state index contributed by atoms with van der Waals surface area (Å²) in [6, 6.07) is 8.77. The number of nitro groups is 1. The van der Waals surface area contributed by atoms with Crippen LogP contribution in [0.5, 0.6) is 0 Å². The number of carbonyl (C=O) groups excluding carboxylic acids is 1. The Bertz CT molecular complexity index is 650. The van der Waals surface area contributed by atoms with Crippen molar-refractivity contribution < 1.29 is 22.5 Å². The van der Waals surface area contributed by atoms with Crippen LogP contribution in [0.15, 0.2) is 47.1 Å². The molecule has 0 N–H and O–H groups in total. The fourth-order valence-electron chi connectivity index (χ4n) is 1.58. The molecule has 1 unspecified atom stereocenters. The highest BCUT2D eigenvalue weighted by Gasteiger charge is 2.13. The number of non-ortho nitro benzene ring substituents is 1. The van der Waals surface area contributed by atoms with Crippen LogP contribution in [0.3, 0.4) is 0 Å². The lowest BCUT2D eigenvalue weighted by molar-refractivity contribution is -0.384. The molecule has 0 aliphatic rings. The molecule has 21 heavy (non-hydrogen) atoms. The van der Waals surface area contributed by atoms with E-state index in [1.165, 1.54) is 30.5 Å². The maximum Gasteiger partial charge on any atom is 0.324 e. The van der Waals surface area contributed by atoms with Crippen molar-refractivity contribution in [1.29, 1.82) is 0 Å². The summed E-state index contributed by atoms with van der Waals surface area (Å²) in [5, 5.41) is 10.5. The van der Waals surface area contributed by atoms with Crippen molar-refractivity contribution in [2.24, 2.45) is 0 Å². The van der Waals surface area contributed by atoms with E-state index < -0.39 is 22.0 Å². The van der Waals surface area contributed by atoms with Gasteiger partial charge in [0.15, 0.2) is 0 Å². The number of nitro benzene ring substituents is 1. The van der Waals surface area contributed by atoms with E-state index in [9.17, 15) is 19.1 Å². The molecule has 1 aromatic heterocycles. The normalized spacial score (nSPS) is 11.8. The molecule has 0 radical (unpaired) electrons. The average molecular weight is 309 g/mol. The average Bonchev–Trinajstić information content (AvgIpc) is 2.91. The maximum atomic E-state index is 11.6. The third-order valence-electron chi connectivity index (χ3n) is 2.52. The third kappa shape index (κ3) is 4.53. The Balaban J connectivity index is 1.86.